The Morgan fingerprint density at radius 3 is 2.06 bits per heavy atom. The zero-order valence-electron chi connectivity index (χ0n) is 10.9. The van der Waals surface area contributed by atoms with Crippen LogP contribution in [0.15, 0.2) is 24.3 Å². The monoisotopic (exact) mass is 256 g/mol. The molecule has 0 radical (unpaired) electrons. The highest BCUT2D eigenvalue weighted by atomic mass is 32.2. The van der Waals surface area contributed by atoms with E-state index in [2.05, 4.69) is 20.8 Å². The van der Waals surface area contributed by atoms with E-state index in [-0.39, 0.29) is 11.2 Å². The molecule has 0 N–H and O–H groups in total. The van der Waals surface area contributed by atoms with Crippen LogP contribution in [0.1, 0.15) is 39.7 Å². The van der Waals surface area contributed by atoms with Crippen molar-refractivity contribution in [2.24, 2.45) is 0 Å². The van der Waals surface area contributed by atoms with Gasteiger partial charge in [0.2, 0.25) is 0 Å². The maximum absolute atomic E-state index is 11.3. The molecule has 0 heterocycles. The van der Waals surface area contributed by atoms with E-state index in [1.54, 1.807) is 19.1 Å². The molecular formula is C13H20O3S. The van der Waals surface area contributed by atoms with Crippen molar-refractivity contribution in [2.75, 3.05) is 5.75 Å². The van der Waals surface area contributed by atoms with Crippen LogP contribution in [0.3, 0.4) is 0 Å². The summed E-state index contributed by atoms with van der Waals surface area (Å²) in [4.78, 5) is 0. The Morgan fingerprint density at radius 2 is 1.65 bits per heavy atom. The van der Waals surface area contributed by atoms with Gasteiger partial charge in [0.05, 0.1) is 5.75 Å². The van der Waals surface area contributed by atoms with Crippen molar-refractivity contribution >= 4 is 10.1 Å². The van der Waals surface area contributed by atoms with Gasteiger partial charge in [-0.3, -0.25) is 0 Å². The molecule has 3 nitrogen and oxygen atoms in total. The summed E-state index contributed by atoms with van der Waals surface area (Å²) in [6.07, 6.45) is 1.03. The minimum atomic E-state index is -3.43. The third-order valence-electron chi connectivity index (χ3n) is 3.10. The van der Waals surface area contributed by atoms with Crippen molar-refractivity contribution in [3.05, 3.63) is 29.8 Å². The molecular weight excluding hydrogens is 236 g/mol. The SMILES string of the molecule is CCC(C)(C)c1ccc(OS(=O)(=O)CC)cc1. The minimum Gasteiger partial charge on any atom is -0.382 e. The van der Waals surface area contributed by atoms with E-state index in [0.29, 0.717) is 5.75 Å². The summed E-state index contributed by atoms with van der Waals surface area (Å²) < 4.78 is 27.5. The molecule has 0 saturated heterocycles. The molecule has 0 unspecified atom stereocenters. The summed E-state index contributed by atoms with van der Waals surface area (Å²) in [5, 5.41) is 0. The maximum atomic E-state index is 11.3. The van der Waals surface area contributed by atoms with Gasteiger partial charge in [-0.25, -0.2) is 0 Å². The topological polar surface area (TPSA) is 43.4 Å². The van der Waals surface area contributed by atoms with Crippen molar-refractivity contribution in [3.8, 4) is 5.75 Å². The second kappa shape index (κ2) is 5.08. The van der Waals surface area contributed by atoms with E-state index in [1.165, 1.54) is 5.56 Å². The second-order valence-corrected chi connectivity index (χ2v) is 6.55. The van der Waals surface area contributed by atoms with E-state index in [1.807, 2.05) is 12.1 Å². The average molecular weight is 256 g/mol. The maximum Gasteiger partial charge on any atom is 0.308 e. The van der Waals surface area contributed by atoms with Crippen LogP contribution in [0.25, 0.3) is 0 Å². The molecule has 96 valence electrons. The summed E-state index contributed by atoms with van der Waals surface area (Å²) in [5.41, 5.74) is 1.28. The summed E-state index contributed by atoms with van der Waals surface area (Å²) in [6.45, 7) is 8.01. The molecule has 0 aromatic heterocycles. The quantitative estimate of drug-likeness (QED) is 0.760. The molecule has 0 saturated carbocycles. The highest BCUT2D eigenvalue weighted by Crippen LogP contribution is 2.28. The predicted octanol–water partition coefficient (Wildman–Crippen LogP) is 3.10. The molecule has 0 spiro atoms. The number of rotatable bonds is 5. The first-order valence-electron chi connectivity index (χ1n) is 5.83. The molecule has 0 amide bonds. The molecule has 1 aromatic carbocycles. The van der Waals surface area contributed by atoms with Gasteiger partial charge in [-0.15, -0.1) is 0 Å². The first-order chi connectivity index (χ1) is 7.80. The smallest absolute Gasteiger partial charge is 0.308 e. The van der Waals surface area contributed by atoms with Crippen LogP contribution in [0, 0.1) is 0 Å². The molecule has 17 heavy (non-hydrogen) atoms. The van der Waals surface area contributed by atoms with E-state index in [4.69, 9.17) is 4.18 Å². The Morgan fingerprint density at radius 1 is 1.12 bits per heavy atom. The molecule has 1 aromatic rings. The molecule has 0 atom stereocenters. The van der Waals surface area contributed by atoms with Gasteiger partial charge in [0.15, 0.2) is 0 Å². The van der Waals surface area contributed by atoms with Gasteiger partial charge in [0.25, 0.3) is 0 Å². The lowest BCUT2D eigenvalue weighted by atomic mass is 9.82. The van der Waals surface area contributed by atoms with Crippen LogP contribution in [0.4, 0.5) is 0 Å². The van der Waals surface area contributed by atoms with Gasteiger partial charge in [0.1, 0.15) is 5.75 Å². The fraction of sp³-hybridized carbons (Fsp3) is 0.538. The minimum absolute atomic E-state index is 0.0186. The molecule has 0 fully saturated rings. The molecule has 4 heteroatoms. The summed E-state index contributed by atoms with van der Waals surface area (Å²) in [6, 6.07) is 7.26. The van der Waals surface area contributed by atoms with E-state index < -0.39 is 10.1 Å². The lowest BCUT2D eigenvalue weighted by molar-refractivity contribution is 0.485. The Hall–Kier alpha value is -1.03. The third kappa shape index (κ3) is 3.73. The van der Waals surface area contributed by atoms with Crippen molar-refractivity contribution in [2.45, 2.75) is 39.5 Å². The Labute approximate surface area is 104 Å². The van der Waals surface area contributed by atoms with Gasteiger partial charge in [-0.2, -0.15) is 8.42 Å². The van der Waals surface area contributed by atoms with Crippen LogP contribution in [-0.4, -0.2) is 14.2 Å². The van der Waals surface area contributed by atoms with Crippen molar-refractivity contribution in [3.63, 3.8) is 0 Å². The van der Waals surface area contributed by atoms with Crippen LogP contribution in [0.2, 0.25) is 0 Å². The van der Waals surface area contributed by atoms with Crippen molar-refractivity contribution in [1.29, 1.82) is 0 Å². The van der Waals surface area contributed by atoms with Crippen LogP contribution in [0.5, 0.6) is 5.75 Å². The summed E-state index contributed by atoms with van der Waals surface area (Å²) in [5.74, 6) is 0.359. The normalized spacial score (nSPS) is 12.5. The molecule has 0 bridgehead atoms. The predicted molar refractivity (Wildman–Crippen MR) is 69.8 cm³/mol. The summed E-state index contributed by atoms with van der Waals surface area (Å²) >= 11 is 0. The van der Waals surface area contributed by atoms with Crippen LogP contribution < -0.4 is 4.18 Å². The number of hydrogen-bond acceptors (Lipinski definition) is 3. The highest BCUT2D eigenvalue weighted by molar-refractivity contribution is 7.87. The van der Waals surface area contributed by atoms with Crippen LogP contribution >= 0.6 is 0 Å². The fourth-order valence-corrected chi connectivity index (χ4v) is 1.89. The van der Waals surface area contributed by atoms with Gasteiger partial charge in [-0.1, -0.05) is 32.9 Å². The van der Waals surface area contributed by atoms with E-state index in [9.17, 15) is 8.42 Å². The summed E-state index contributed by atoms with van der Waals surface area (Å²) in [7, 11) is -3.43. The second-order valence-electron chi connectivity index (χ2n) is 4.69. The standard InChI is InChI=1S/C13H20O3S/c1-5-13(3,4)11-7-9-12(10-8-11)16-17(14,15)6-2/h7-10H,5-6H2,1-4H3. The largest absolute Gasteiger partial charge is 0.382 e. The Balaban J connectivity index is 2.90. The zero-order chi connectivity index (χ0) is 13.1. The van der Waals surface area contributed by atoms with Gasteiger partial charge in [0, 0.05) is 0 Å². The molecule has 1 rings (SSSR count). The highest BCUT2D eigenvalue weighted by Gasteiger charge is 2.18. The Bertz CT molecular complexity index is 458. The van der Waals surface area contributed by atoms with Crippen molar-refractivity contribution in [1.82, 2.24) is 0 Å². The Kier molecular flexibility index (Phi) is 4.20. The van der Waals surface area contributed by atoms with Crippen LogP contribution in [-0.2, 0) is 15.5 Å². The lowest BCUT2D eigenvalue weighted by Crippen LogP contribution is -2.15. The van der Waals surface area contributed by atoms with E-state index >= 15 is 0 Å². The van der Waals surface area contributed by atoms with Gasteiger partial charge >= 0.3 is 10.1 Å². The first-order valence-corrected chi connectivity index (χ1v) is 7.41. The number of benzene rings is 1. The average Bonchev–Trinajstić information content (AvgIpc) is 2.29. The number of hydrogen-bond donors (Lipinski definition) is 0. The third-order valence-corrected chi connectivity index (χ3v) is 4.25. The van der Waals surface area contributed by atoms with Crippen molar-refractivity contribution < 1.29 is 12.6 Å². The molecule has 0 aliphatic carbocycles. The zero-order valence-corrected chi connectivity index (χ0v) is 11.7. The first kappa shape index (κ1) is 14.0. The lowest BCUT2D eigenvalue weighted by Gasteiger charge is -2.23. The van der Waals surface area contributed by atoms with Gasteiger partial charge in [-0.05, 0) is 36.5 Å². The molecule has 0 aliphatic heterocycles. The van der Waals surface area contributed by atoms with E-state index in [0.717, 1.165) is 6.42 Å². The molecule has 0 aliphatic rings. The fourth-order valence-electron chi connectivity index (χ4n) is 1.37. The van der Waals surface area contributed by atoms with Gasteiger partial charge < -0.3 is 4.18 Å².